The number of fused-ring (bicyclic) bond motifs is 1. The monoisotopic (exact) mass is 261 g/mol. The van der Waals surface area contributed by atoms with E-state index in [0.717, 1.165) is 0 Å². The molecule has 3 aromatic rings. The molecular formula is C13H9ClFN3. The van der Waals surface area contributed by atoms with Crippen LogP contribution in [0, 0.1) is 5.82 Å². The van der Waals surface area contributed by atoms with E-state index in [0.29, 0.717) is 33.1 Å². The molecule has 0 saturated heterocycles. The van der Waals surface area contributed by atoms with Gasteiger partial charge < -0.3 is 10.7 Å². The molecule has 90 valence electrons. The van der Waals surface area contributed by atoms with Crippen LogP contribution in [-0.2, 0) is 0 Å². The molecule has 3 N–H and O–H groups in total. The van der Waals surface area contributed by atoms with Crippen LogP contribution in [-0.4, -0.2) is 9.97 Å². The summed E-state index contributed by atoms with van der Waals surface area (Å²) < 4.78 is 13.5. The van der Waals surface area contributed by atoms with Crippen LogP contribution in [0.25, 0.3) is 22.4 Å². The van der Waals surface area contributed by atoms with Crippen molar-refractivity contribution in [3.05, 3.63) is 47.2 Å². The lowest BCUT2D eigenvalue weighted by Crippen LogP contribution is -1.87. The zero-order valence-electron chi connectivity index (χ0n) is 9.24. The Labute approximate surface area is 107 Å². The zero-order chi connectivity index (χ0) is 12.7. The molecule has 0 aliphatic rings. The third kappa shape index (κ3) is 1.71. The number of hydrogen-bond acceptors (Lipinski definition) is 2. The minimum absolute atomic E-state index is 0.306. The van der Waals surface area contributed by atoms with Crippen molar-refractivity contribution in [3.8, 4) is 11.4 Å². The van der Waals surface area contributed by atoms with E-state index in [1.165, 1.54) is 6.07 Å². The second kappa shape index (κ2) is 3.99. The molecule has 0 atom stereocenters. The predicted molar refractivity (Wildman–Crippen MR) is 70.9 cm³/mol. The normalized spacial score (nSPS) is 11.0. The van der Waals surface area contributed by atoms with Crippen LogP contribution in [0.4, 0.5) is 10.1 Å². The summed E-state index contributed by atoms with van der Waals surface area (Å²) in [5.74, 6) is 0.168. The SMILES string of the molecule is Nc1ccc(-c2nc3c(F)cccc3[nH]2)c(Cl)c1. The number of hydrogen-bond donors (Lipinski definition) is 2. The summed E-state index contributed by atoms with van der Waals surface area (Å²) in [7, 11) is 0. The maximum absolute atomic E-state index is 13.5. The topological polar surface area (TPSA) is 54.7 Å². The van der Waals surface area contributed by atoms with Crippen molar-refractivity contribution in [2.75, 3.05) is 5.73 Å². The van der Waals surface area contributed by atoms with Gasteiger partial charge in [-0.25, -0.2) is 9.37 Å². The van der Waals surface area contributed by atoms with Crippen molar-refractivity contribution in [1.29, 1.82) is 0 Å². The molecule has 0 unspecified atom stereocenters. The molecule has 3 nitrogen and oxygen atoms in total. The number of aromatic nitrogens is 2. The summed E-state index contributed by atoms with van der Waals surface area (Å²) in [6, 6.07) is 9.89. The Kier molecular flexibility index (Phi) is 2.45. The Morgan fingerprint density at radius 2 is 2.06 bits per heavy atom. The van der Waals surface area contributed by atoms with Gasteiger partial charge in [-0.05, 0) is 30.3 Å². The Bertz CT molecular complexity index is 736. The van der Waals surface area contributed by atoms with E-state index >= 15 is 0 Å². The Morgan fingerprint density at radius 1 is 1.22 bits per heavy atom. The Balaban J connectivity index is 2.23. The molecule has 0 saturated carbocycles. The first-order valence-electron chi connectivity index (χ1n) is 5.35. The van der Waals surface area contributed by atoms with E-state index < -0.39 is 0 Å². The Hall–Kier alpha value is -2.07. The number of nitrogens with two attached hydrogens (primary N) is 1. The number of nitrogens with zero attached hydrogens (tertiary/aromatic N) is 1. The molecular weight excluding hydrogens is 253 g/mol. The number of aromatic amines is 1. The quantitative estimate of drug-likeness (QED) is 0.658. The van der Waals surface area contributed by atoms with Gasteiger partial charge >= 0.3 is 0 Å². The second-order valence-corrected chi connectivity index (χ2v) is 4.37. The van der Waals surface area contributed by atoms with Gasteiger partial charge in [0, 0.05) is 11.3 Å². The van der Waals surface area contributed by atoms with Crippen LogP contribution >= 0.6 is 11.6 Å². The summed E-state index contributed by atoms with van der Waals surface area (Å²) in [5, 5.41) is 0.481. The van der Waals surface area contributed by atoms with Crippen LogP contribution in [0.2, 0.25) is 5.02 Å². The highest BCUT2D eigenvalue weighted by Crippen LogP contribution is 2.29. The molecule has 2 aromatic carbocycles. The fourth-order valence-electron chi connectivity index (χ4n) is 1.85. The van der Waals surface area contributed by atoms with Gasteiger partial charge in [0.1, 0.15) is 11.3 Å². The van der Waals surface area contributed by atoms with Crippen LogP contribution in [0.15, 0.2) is 36.4 Å². The van der Waals surface area contributed by atoms with Crippen LogP contribution in [0.3, 0.4) is 0 Å². The molecule has 0 aliphatic heterocycles. The third-order valence-electron chi connectivity index (χ3n) is 2.71. The van der Waals surface area contributed by atoms with E-state index in [9.17, 15) is 4.39 Å². The molecule has 1 aromatic heterocycles. The van der Waals surface area contributed by atoms with Gasteiger partial charge in [0.25, 0.3) is 0 Å². The van der Waals surface area contributed by atoms with Crippen LogP contribution in [0.5, 0.6) is 0 Å². The molecule has 0 aliphatic carbocycles. The standard InChI is InChI=1S/C13H9ClFN3/c14-9-6-7(16)4-5-8(9)13-17-11-3-1-2-10(15)12(11)18-13/h1-6H,16H2,(H,17,18). The van der Waals surface area contributed by atoms with E-state index in [4.69, 9.17) is 17.3 Å². The molecule has 5 heteroatoms. The average Bonchev–Trinajstić information content (AvgIpc) is 2.74. The summed E-state index contributed by atoms with van der Waals surface area (Å²) >= 11 is 6.10. The highest BCUT2D eigenvalue weighted by Gasteiger charge is 2.11. The number of halogens is 2. The summed E-state index contributed by atoms with van der Waals surface area (Å²) in [5.41, 5.74) is 7.84. The van der Waals surface area contributed by atoms with Gasteiger partial charge in [-0.15, -0.1) is 0 Å². The van der Waals surface area contributed by atoms with Crippen LogP contribution < -0.4 is 5.73 Å². The van der Waals surface area contributed by atoms with Crippen molar-refractivity contribution in [2.45, 2.75) is 0 Å². The highest BCUT2D eigenvalue weighted by atomic mass is 35.5. The van der Waals surface area contributed by atoms with E-state index in [2.05, 4.69) is 9.97 Å². The minimum Gasteiger partial charge on any atom is -0.399 e. The summed E-state index contributed by atoms with van der Waals surface area (Å²) in [4.78, 5) is 7.25. The lowest BCUT2D eigenvalue weighted by molar-refractivity contribution is 0.637. The lowest BCUT2D eigenvalue weighted by atomic mass is 10.2. The highest BCUT2D eigenvalue weighted by molar-refractivity contribution is 6.33. The van der Waals surface area contributed by atoms with E-state index in [-0.39, 0.29) is 5.82 Å². The average molecular weight is 262 g/mol. The van der Waals surface area contributed by atoms with Gasteiger partial charge in [0.05, 0.1) is 10.5 Å². The van der Waals surface area contributed by atoms with Gasteiger partial charge in [-0.1, -0.05) is 17.7 Å². The Morgan fingerprint density at radius 3 is 2.78 bits per heavy atom. The number of benzene rings is 2. The molecule has 1 heterocycles. The van der Waals surface area contributed by atoms with Crippen molar-refractivity contribution < 1.29 is 4.39 Å². The number of anilines is 1. The maximum Gasteiger partial charge on any atom is 0.151 e. The fourth-order valence-corrected chi connectivity index (χ4v) is 2.13. The summed E-state index contributed by atoms with van der Waals surface area (Å²) in [6.07, 6.45) is 0. The molecule has 3 rings (SSSR count). The first kappa shape index (κ1) is 11.0. The number of para-hydroxylation sites is 1. The third-order valence-corrected chi connectivity index (χ3v) is 3.02. The second-order valence-electron chi connectivity index (χ2n) is 3.96. The molecule has 0 bridgehead atoms. The van der Waals surface area contributed by atoms with Gasteiger partial charge in [0.2, 0.25) is 0 Å². The first-order valence-corrected chi connectivity index (χ1v) is 5.72. The predicted octanol–water partition coefficient (Wildman–Crippen LogP) is 3.60. The van der Waals surface area contributed by atoms with Gasteiger partial charge in [0.15, 0.2) is 5.82 Å². The molecule has 0 amide bonds. The zero-order valence-corrected chi connectivity index (χ0v) is 10.0. The molecule has 0 spiro atoms. The van der Waals surface area contributed by atoms with E-state index in [1.807, 2.05) is 0 Å². The summed E-state index contributed by atoms with van der Waals surface area (Å²) in [6.45, 7) is 0. The van der Waals surface area contributed by atoms with Crippen LogP contribution in [0.1, 0.15) is 0 Å². The largest absolute Gasteiger partial charge is 0.399 e. The first-order chi connectivity index (χ1) is 8.65. The number of nitrogens with one attached hydrogen (secondary N) is 1. The number of rotatable bonds is 1. The molecule has 0 fully saturated rings. The van der Waals surface area contributed by atoms with Gasteiger partial charge in [-0.2, -0.15) is 0 Å². The molecule has 0 radical (unpaired) electrons. The maximum atomic E-state index is 13.5. The smallest absolute Gasteiger partial charge is 0.151 e. The fraction of sp³-hybridized carbons (Fsp3) is 0. The lowest BCUT2D eigenvalue weighted by Gasteiger charge is -2.01. The van der Waals surface area contributed by atoms with Crippen molar-refractivity contribution >= 4 is 28.3 Å². The number of H-pyrrole nitrogens is 1. The molecule has 18 heavy (non-hydrogen) atoms. The minimum atomic E-state index is -0.360. The van der Waals surface area contributed by atoms with E-state index in [1.54, 1.807) is 30.3 Å². The van der Waals surface area contributed by atoms with Crippen molar-refractivity contribution in [1.82, 2.24) is 9.97 Å². The van der Waals surface area contributed by atoms with Crippen molar-refractivity contribution in [3.63, 3.8) is 0 Å². The van der Waals surface area contributed by atoms with Gasteiger partial charge in [-0.3, -0.25) is 0 Å². The number of imidazole rings is 1. The van der Waals surface area contributed by atoms with Crippen molar-refractivity contribution in [2.24, 2.45) is 0 Å². The number of nitrogen functional groups attached to an aromatic ring is 1.